The second-order valence-electron chi connectivity index (χ2n) is 4.90. The number of benzene rings is 2. The lowest BCUT2D eigenvalue weighted by Crippen LogP contribution is -2.30. The highest BCUT2D eigenvalue weighted by molar-refractivity contribution is 5.92. The summed E-state index contributed by atoms with van der Waals surface area (Å²) in [5.41, 5.74) is 1.90. The molecule has 0 spiro atoms. The molecule has 0 aliphatic rings. The maximum absolute atomic E-state index is 11.8. The zero-order chi connectivity index (χ0) is 16.5. The van der Waals surface area contributed by atoms with Crippen LogP contribution in [-0.2, 0) is 16.0 Å². The van der Waals surface area contributed by atoms with E-state index >= 15 is 0 Å². The predicted octanol–water partition coefficient (Wildman–Crippen LogP) is 2.01. The van der Waals surface area contributed by atoms with E-state index in [0.717, 1.165) is 5.56 Å². The monoisotopic (exact) mass is 311 g/mol. The van der Waals surface area contributed by atoms with Crippen molar-refractivity contribution in [1.82, 2.24) is 5.32 Å². The minimum Gasteiger partial charge on any atom is -0.452 e. The molecule has 0 heterocycles. The molecule has 118 valence electrons. The first-order valence-corrected chi connectivity index (χ1v) is 7.22. The molecule has 0 aliphatic carbocycles. The maximum Gasteiger partial charge on any atom is 0.338 e. The first-order valence-electron chi connectivity index (χ1n) is 7.22. The van der Waals surface area contributed by atoms with Gasteiger partial charge in [-0.05, 0) is 24.1 Å². The largest absolute Gasteiger partial charge is 0.452 e. The summed E-state index contributed by atoms with van der Waals surface area (Å²) in [5.74, 6) is -0.945. The maximum atomic E-state index is 11.8. The molecule has 2 rings (SSSR count). The van der Waals surface area contributed by atoms with E-state index in [9.17, 15) is 14.4 Å². The Kier molecular flexibility index (Phi) is 6.06. The summed E-state index contributed by atoms with van der Waals surface area (Å²) in [5, 5.41) is 2.69. The van der Waals surface area contributed by atoms with Gasteiger partial charge >= 0.3 is 5.97 Å². The Morgan fingerprint density at radius 3 is 2.35 bits per heavy atom. The van der Waals surface area contributed by atoms with Crippen molar-refractivity contribution >= 4 is 18.2 Å². The van der Waals surface area contributed by atoms with Crippen LogP contribution in [0.4, 0.5) is 0 Å². The number of aldehydes is 1. The first kappa shape index (κ1) is 16.4. The Bertz CT molecular complexity index is 665. The Morgan fingerprint density at radius 1 is 1.00 bits per heavy atom. The van der Waals surface area contributed by atoms with Gasteiger partial charge in [-0.1, -0.05) is 42.5 Å². The molecule has 0 fully saturated rings. The van der Waals surface area contributed by atoms with Crippen molar-refractivity contribution in [2.24, 2.45) is 0 Å². The van der Waals surface area contributed by atoms with Crippen molar-refractivity contribution in [3.8, 4) is 0 Å². The van der Waals surface area contributed by atoms with Gasteiger partial charge in [0.2, 0.25) is 0 Å². The van der Waals surface area contributed by atoms with Crippen LogP contribution in [0.5, 0.6) is 0 Å². The fourth-order valence-electron chi connectivity index (χ4n) is 1.95. The summed E-state index contributed by atoms with van der Waals surface area (Å²) in [6, 6.07) is 15.8. The molecule has 0 saturated carbocycles. The van der Waals surface area contributed by atoms with Gasteiger partial charge in [0, 0.05) is 12.1 Å². The van der Waals surface area contributed by atoms with Gasteiger partial charge in [0.25, 0.3) is 5.91 Å². The van der Waals surface area contributed by atoms with Gasteiger partial charge in [0.05, 0.1) is 5.56 Å². The van der Waals surface area contributed by atoms with Gasteiger partial charge in [0.1, 0.15) is 6.29 Å². The highest BCUT2D eigenvalue weighted by Gasteiger charge is 2.09. The van der Waals surface area contributed by atoms with Crippen LogP contribution in [0.3, 0.4) is 0 Å². The number of ether oxygens (including phenoxy) is 1. The van der Waals surface area contributed by atoms with E-state index in [0.29, 0.717) is 30.4 Å². The third-order valence-corrected chi connectivity index (χ3v) is 3.20. The van der Waals surface area contributed by atoms with Gasteiger partial charge in [-0.15, -0.1) is 0 Å². The van der Waals surface area contributed by atoms with Crippen LogP contribution in [0, 0.1) is 0 Å². The molecule has 1 N–H and O–H groups in total. The lowest BCUT2D eigenvalue weighted by molar-refractivity contribution is -0.124. The van der Waals surface area contributed by atoms with E-state index < -0.39 is 5.97 Å². The molecule has 2 aromatic rings. The Hall–Kier alpha value is -2.95. The van der Waals surface area contributed by atoms with E-state index in [1.54, 1.807) is 0 Å². The normalized spacial score (nSPS) is 9.91. The second-order valence-corrected chi connectivity index (χ2v) is 4.90. The van der Waals surface area contributed by atoms with Crippen LogP contribution in [0.25, 0.3) is 0 Å². The molecule has 0 atom stereocenters. The summed E-state index contributed by atoms with van der Waals surface area (Å²) in [6.07, 6.45) is 1.41. The highest BCUT2D eigenvalue weighted by atomic mass is 16.5. The number of esters is 1. The Balaban J connectivity index is 1.71. The van der Waals surface area contributed by atoms with Crippen LogP contribution < -0.4 is 5.32 Å². The van der Waals surface area contributed by atoms with Crippen LogP contribution in [-0.4, -0.2) is 31.3 Å². The lowest BCUT2D eigenvalue weighted by atomic mass is 10.1. The minimum atomic E-state index is -0.597. The Labute approximate surface area is 134 Å². The quantitative estimate of drug-likeness (QED) is 0.627. The van der Waals surface area contributed by atoms with Gasteiger partial charge in [-0.2, -0.15) is 0 Å². The third-order valence-electron chi connectivity index (χ3n) is 3.20. The van der Waals surface area contributed by atoms with Crippen LogP contribution >= 0.6 is 0 Å². The van der Waals surface area contributed by atoms with Crippen LogP contribution in [0.1, 0.15) is 26.3 Å². The predicted molar refractivity (Wildman–Crippen MR) is 85.3 cm³/mol. The molecule has 0 aromatic heterocycles. The number of carbonyl (C=O) groups excluding carboxylic acids is 3. The topological polar surface area (TPSA) is 72.5 Å². The molecule has 5 heteroatoms. The average Bonchev–Trinajstić information content (AvgIpc) is 2.60. The first-order chi connectivity index (χ1) is 11.2. The Morgan fingerprint density at radius 2 is 1.70 bits per heavy atom. The number of rotatable bonds is 7. The van der Waals surface area contributed by atoms with Crippen molar-refractivity contribution in [2.45, 2.75) is 6.42 Å². The summed E-state index contributed by atoms with van der Waals surface area (Å²) >= 11 is 0. The van der Waals surface area contributed by atoms with Crippen molar-refractivity contribution < 1.29 is 19.1 Å². The molecule has 0 bridgehead atoms. The molecule has 0 aliphatic heterocycles. The van der Waals surface area contributed by atoms with E-state index in [-0.39, 0.29) is 12.5 Å². The second kappa shape index (κ2) is 8.48. The number of nitrogens with one attached hydrogen (secondary N) is 1. The number of carbonyl (C=O) groups is 3. The molecule has 5 nitrogen and oxygen atoms in total. The van der Waals surface area contributed by atoms with Gasteiger partial charge < -0.3 is 10.1 Å². The van der Waals surface area contributed by atoms with Crippen LogP contribution in [0.15, 0.2) is 54.6 Å². The van der Waals surface area contributed by atoms with Crippen molar-refractivity contribution in [2.75, 3.05) is 13.2 Å². The van der Waals surface area contributed by atoms with Crippen molar-refractivity contribution in [3.05, 3.63) is 71.3 Å². The summed E-state index contributed by atoms with van der Waals surface area (Å²) in [7, 11) is 0. The van der Waals surface area contributed by atoms with Gasteiger partial charge in [-0.25, -0.2) is 4.79 Å². The number of hydrogen-bond donors (Lipinski definition) is 1. The molecule has 1 amide bonds. The molecule has 0 unspecified atom stereocenters. The lowest BCUT2D eigenvalue weighted by Gasteiger charge is -2.07. The minimum absolute atomic E-state index is 0.299. The SMILES string of the molecule is O=Cc1ccc(C(=O)OCC(=O)NCCc2ccccc2)cc1. The highest BCUT2D eigenvalue weighted by Crippen LogP contribution is 2.04. The fourth-order valence-corrected chi connectivity index (χ4v) is 1.95. The molecule has 2 aromatic carbocycles. The molecule has 0 saturated heterocycles. The summed E-state index contributed by atoms with van der Waals surface area (Å²) < 4.78 is 4.93. The van der Waals surface area contributed by atoms with E-state index in [1.165, 1.54) is 24.3 Å². The summed E-state index contributed by atoms with van der Waals surface area (Å²) in [4.78, 5) is 33.9. The molecular weight excluding hydrogens is 294 g/mol. The van der Waals surface area contributed by atoms with E-state index in [1.807, 2.05) is 30.3 Å². The number of hydrogen-bond acceptors (Lipinski definition) is 4. The smallest absolute Gasteiger partial charge is 0.338 e. The van der Waals surface area contributed by atoms with Crippen LogP contribution in [0.2, 0.25) is 0 Å². The van der Waals surface area contributed by atoms with E-state index in [4.69, 9.17) is 4.74 Å². The van der Waals surface area contributed by atoms with Crippen molar-refractivity contribution in [3.63, 3.8) is 0 Å². The zero-order valence-electron chi connectivity index (χ0n) is 12.5. The fraction of sp³-hybridized carbons (Fsp3) is 0.167. The average molecular weight is 311 g/mol. The van der Waals surface area contributed by atoms with E-state index in [2.05, 4.69) is 5.32 Å². The zero-order valence-corrected chi connectivity index (χ0v) is 12.5. The molecule has 0 radical (unpaired) electrons. The van der Waals surface area contributed by atoms with Gasteiger partial charge in [-0.3, -0.25) is 9.59 Å². The molecule has 23 heavy (non-hydrogen) atoms. The molecular formula is C18H17NO4. The van der Waals surface area contributed by atoms with Gasteiger partial charge in [0.15, 0.2) is 6.61 Å². The third kappa shape index (κ3) is 5.39. The number of amides is 1. The standard InChI is InChI=1S/C18H17NO4/c20-12-15-6-8-16(9-7-15)18(22)23-13-17(21)19-11-10-14-4-2-1-3-5-14/h1-9,12H,10-11,13H2,(H,19,21). The summed E-state index contributed by atoms with van der Waals surface area (Å²) in [6.45, 7) is 0.150. The van der Waals surface area contributed by atoms with Crippen molar-refractivity contribution in [1.29, 1.82) is 0 Å².